The first-order valence-electron chi connectivity index (χ1n) is 8.62. The Morgan fingerprint density at radius 1 is 1.22 bits per heavy atom. The Morgan fingerprint density at radius 3 is 2.48 bits per heavy atom. The van der Waals surface area contributed by atoms with Gasteiger partial charge in [-0.25, -0.2) is 0 Å². The lowest BCUT2D eigenvalue weighted by atomic mass is 9.67. The number of carbonyl (C=O) groups excluding carboxylic acids is 2. The van der Waals surface area contributed by atoms with E-state index < -0.39 is 11.6 Å². The number of rotatable bonds is 4. The zero-order valence-electron chi connectivity index (χ0n) is 14.9. The third-order valence-electron chi connectivity index (χ3n) is 5.33. The molecule has 126 valence electrons. The first kappa shape index (κ1) is 17.7. The van der Waals surface area contributed by atoms with Crippen LogP contribution in [0.4, 0.5) is 0 Å². The van der Waals surface area contributed by atoms with Gasteiger partial charge in [-0.3, -0.25) is 9.59 Å². The van der Waals surface area contributed by atoms with Crippen molar-refractivity contribution in [1.82, 2.24) is 0 Å². The second-order valence-electron chi connectivity index (χ2n) is 7.38. The van der Waals surface area contributed by atoms with Crippen molar-refractivity contribution in [3.8, 4) is 0 Å². The summed E-state index contributed by atoms with van der Waals surface area (Å²) in [6, 6.07) is 0. The Labute approximate surface area is 139 Å². The van der Waals surface area contributed by atoms with E-state index >= 15 is 0 Å². The number of aliphatic hydroxyl groups is 1. The van der Waals surface area contributed by atoms with E-state index in [1.807, 2.05) is 6.92 Å². The largest absolute Gasteiger partial charge is 0.507 e. The molecule has 3 atom stereocenters. The van der Waals surface area contributed by atoms with Gasteiger partial charge in [0.25, 0.3) is 0 Å². The van der Waals surface area contributed by atoms with Crippen LogP contribution in [0.2, 0.25) is 0 Å². The highest BCUT2D eigenvalue weighted by atomic mass is 16.3. The quantitative estimate of drug-likeness (QED) is 0.465. The van der Waals surface area contributed by atoms with E-state index in [4.69, 9.17) is 0 Å². The lowest BCUT2D eigenvalue weighted by Gasteiger charge is -2.37. The van der Waals surface area contributed by atoms with Crippen LogP contribution in [0.5, 0.6) is 0 Å². The zero-order chi connectivity index (χ0) is 17.3. The van der Waals surface area contributed by atoms with Crippen LogP contribution in [-0.4, -0.2) is 16.7 Å². The van der Waals surface area contributed by atoms with Gasteiger partial charge in [-0.2, -0.15) is 0 Å². The van der Waals surface area contributed by atoms with Gasteiger partial charge >= 0.3 is 0 Å². The van der Waals surface area contributed by atoms with Gasteiger partial charge in [0.1, 0.15) is 5.76 Å². The van der Waals surface area contributed by atoms with Crippen molar-refractivity contribution in [2.75, 3.05) is 0 Å². The van der Waals surface area contributed by atoms with E-state index in [1.165, 1.54) is 5.57 Å². The van der Waals surface area contributed by atoms with Crippen LogP contribution in [0.1, 0.15) is 60.3 Å². The molecule has 2 aliphatic rings. The van der Waals surface area contributed by atoms with Gasteiger partial charge in [-0.15, -0.1) is 0 Å². The lowest BCUT2D eigenvalue weighted by Crippen LogP contribution is -2.35. The van der Waals surface area contributed by atoms with Crippen LogP contribution in [0.3, 0.4) is 0 Å². The smallest absolute Gasteiger partial charge is 0.232 e. The van der Waals surface area contributed by atoms with E-state index in [-0.39, 0.29) is 23.2 Å². The van der Waals surface area contributed by atoms with Crippen molar-refractivity contribution in [2.24, 2.45) is 17.8 Å². The fraction of sp³-hybridized carbons (Fsp3) is 0.600. The van der Waals surface area contributed by atoms with E-state index in [0.29, 0.717) is 11.5 Å². The molecule has 0 spiro atoms. The summed E-state index contributed by atoms with van der Waals surface area (Å²) in [4.78, 5) is 24.5. The number of hydrogen-bond donors (Lipinski definition) is 1. The van der Waals surface area contributed by atoms with Crippen molar-refractivity contribution in [3.05, 3.63) is 34.1 Å². The molecular weight excluding hydrogens is 288 g/mol. The van der Waals surface area contributed by atoms with Crippen molar-refractivity contribution >= 4 is 11.6 Å². The number of Topliss-reactive ketones (excluding diaryl/α,β-unsaturated/α-hetero) is 2. The average molecular weight is 316 g/mol. The molecule has 0 saturated carbocycles. The molecule has 0 fully saturated rings. The van der Waals surface area contributed by atoms with E-state index in [0.717, 1.165) is 31.3 Å². The predicted molar refractivity (Wildman–Crippen MR) is 92.1 cm³/mol. The first-order chi connectivity index (χ1) is 10.8. The van der Waals surface area contributed by atoms with Gasteiger partial charge in [0.05, 0.1) is 0 Å². The van der Waals surface area contributed by atoms with Crippen LogP contribution in [0.15, 0.2) is 34.1 Å². The second-order valence-corrected chi connectivity index (χ2v) is 7.38. The van der Waals surface area contributed by atoms with Crippen LogP contribution in [0, 0.1) is 17.8 Å². The third-order valence-corrected chi connectivity index (χ3v) is 5.33. The minimum absolute atomic E-state index is 0.0536. The van der Waals surface area contributed by atoms with Gasteiger partial charge in [0.15, 0.2) is 0 Å². The Hall–Kier alpha value is -1.64. The summed E-state index contributed by atoms with van der Waals surface area (Å²) >= 11 is 0. The molecule has 3 heteroatoms. The standard InChI is InChI=1S/C20H28O3/c1-11(2)7-6-8-12(3)15-10-9-13(4)16-17(15)18(21)14(5)19(22)20(16)23/h7,12-13,15,21H,6,8-10H2,1-5H3/t12-,13-,15?/m0/s1. The van der Waals surface area contributed by atoms with Gasteiger partial charge in [0.2, 0.25) is 11.6 Å². The number of allylic oxidation sites excluding steroid dienone is 5. The molecule has 3 nitrogen and oxygen atoms in total. The molecule has 2 aliphatic carbocycles. The monoisotopic (exact) mass is 316 g/mol. The fourth-order valence-electron chi connectivity index (χ4n) is 3.84. The van der Waals surface area contributed by atoms with Crippen molar-refractivity contribution < 1.29 is 14.7 Å². The fourth-order valence-corrected chi connectivity index (χ4v) is 3.84. The minimum Gasteiger partial charge on any atom is -0.507 e. The molecule has 0 amide bonds. The summed E-state index contributed by atoms with van der Waals surface area (Å²) < 4.78 is 0. The number of carbonyl (C=O) groups is 2. The molecule has 23 heavy (non-hydrogen) atoms. The maximum atomic E-state index is 12.4. The van der Waals surface area contributed by atoms with Gasteiger partial charge in [0, 0.05) is 16.7 Å². The molecule has 0 bridgehead atoms. The SMILES string of the molecule is CC(C)=CCC[C@H](C)C1CC[C@H](C)C2=C1C(O)=C(C)C(=O)C2=O. The summed E-state index contributed by atoms with van der Waals surface area (Å²) in [7, 11) is 0. The molecule has 0 heterocycles. The second kappa shape index (κ2) is 6.86. The molecular formula is C20H28O3. The normalized spacial score (nSPS) is 26.3. The molecule has 0 aromatic heterocycles. The van der Waals surface area contributed by atoms with Crippen LogP contribution >= 0.6 is 0 Å². The zero-order valence-corrected chi connectivity index (χ0v) is 14.9. The van der Waals surface area contributed by atoms with E-state index in [2.05, 4.69) is 26.8 Å². The third kappa shape index (κ3) is 3.34. The van der Waals surface area contributed by atoms with Crippen LogP contribution in [-0.2, 0) is 9.59 Å². The number of hydrogen-bond acceptors (Lipinski definition) is 3. The van der Waals surface area contributed by atoms with Gasteiger partial charge in [-0.1, -0.05) is 25.5 Å². The van der Waals surface area contributed by atoms with Crippen molar-refractivity contribution in [2.45, 2.75) is 60.3 Å². The van der Waals surface area contributed by atoms with Crippen LogP contribution in [0.25, 0.3) is 0 Å². The molecule has 0 saturated heterocycles. The summed E-state index contributed by atoms with van der Waals surface area (Å²) in [6.45, 7) is 9.92. The molecule has 1 unspecified atom stereocenters. The summed E-state index contributed by atoms with van der Waals surface area (Å²) in [6.07, 6.45) is 6.13. The average Bonchev–Trinajstić information content (AvgIpc) is 2.49. The van der Waals surface area contributed by atoms with E-state index in [9.17, 15) is 14.7 Å². The highest BCUT2D eigenvalue weighted by molar-refractivity contribution is 6.50. The highest BCUT2D eigenvalue weighted by Gasteiger charge is 2.41. The van der Waals surface area contributed by atoms with Crippen molar-refractivity contribution in [1.29, 1.82) is 0 Å². The Bertz CT molecular complexity index is 615. The molecule has 0 aliphatic heterocycles. The maximum absolute atomic E-state index is 12.4. The molecule has 1 N–H and O–H groups in total. The van der Waals surface area contributed by atoms with Gasteiger partial charge in [-0.05, 0) is 64.2 Å². The Morgan fingerprint density at radius 2 is 1.87 bits per heavy atom. The molecule has 0 radical (unpaired) electrons. The molecule has 0 aromatic rings. The summed E-state index contributed by atoms with van der Waals surface area (Å²) in [5, 5.41) is 10.5. The lowest BCUT2D eigenvalue weighted by molar-refractivity contribution is -0.133. The summed E-state index contributed by atoms with van der Waals surface area (Å²) in [5.41, 5.74) is 2.86. The highest BCUT2D eigenvalue weighted by Crippen LogP contribution is 2.45. The summed E-state index contributed by atoms with van der Waals surface area (Å²) in [5.74, 6) is -0.277. The number of ketones is 2. The number of aliphatic hydroxyl groups excluding tert-OH is 1. The van der Waals surface area contributed by atoms with Crippen LogP contribution < -0.4 is 0 Å². The Balaban J connectivity index is 2.35. The van der Waals surface area contributed by atoms with Gasteiger partial charge < -0.3 is 5.11 Å². The van der Waals surface area contributed by atoms with Crippen molar-refractivity contribution in [3.63, 3.8) is 0 Å². The Kier molecular flexibility index (Phi) is 5.28. The predicted octanol–water partition coefficient (Wildman–Crippen LogP) is 4.70. The minimum atomic E-state index is -0.536. The van der Waals surface area contributed by atoms with E-state index in [1.54, 1.807) is 6.92 Å². The first-order valence-corrected chi connectivity index (χ1v) is 8.62. The molecule has 0 aromatic carbocycles. The maximum Gasteiger partial charge on any atom is 0.232 e. The topological polar surface area (TPSA) is 54.4 Å². The molecule has 2 rings (SSSR count).